The van der Waals surface area contributed by atoms with E-state index in [4.69, 9.17) is 0 Å². The zero-order valence-electron chi connectivity index (χ0n) is 12.1. The van der Waals surface area contributed by atoms with E-state index in [0.717, 1.165) is 32.2 Å². The molecule has 1 aliphatic rings. The standard InChI is InChI=1S/C15H20F2N2O2/c1-21-15(20)2-3-18-4-6-19(7-5-18)11-12-8-13(16)10-14(17)9-12/h8-10H,2-7,11H2,1H3. The normalized spacial score (nSPS) is 16.9. The monoisotopic (exact) mass is 298 g/mol. The number of hydrogen-bond donors (Lipinski definition) is 0. The van der Waals surface area contributed by atoms with Crippen LogP contribution in [0.25, 0.3) is 0 Å². The van der Waals surface area contributed by atoms with E-state index >= 15 is 0 Å². The van der Waals surface area contributed by atoms with Crippen molar-refractivity contribution in [1.29, 1.82) is 0 Å². The highest BCUT2D eigenvalue weighted by Crippen LogP contribution is 2.12. The maximum atomic E-state index is 13.1. The molecule has 0 N–H and O–H groups in total. The summed E-state index contributed by atoms with van der Waals surface area (Å²) in [5.41, 5.74) is 0.649. The Morgan fingerprint density at radius 3 is 2.24 bits per heavy atom. The zero-order valence-corrected chi connectivity index (χ0v) is 12.1. The highest BCUT2D eigenvalue weighted by molar-refractivity contribution is 5.69. The van der Waals surface area contributed by atoms with Crippen LogP contribution < -0.4 is 0 Å². The number of carbonyl (C=O) groups excluding carboxylic acids is 1. The van der Waals surface area contributed by atoms with Crippen LogP contribution in [0.2, 0.25) is 0 Å². The Morgan fingerprint density at radius 2 is 1.67 bits per heavy atom. The van der Waals surface area contributed by atoms with E-state index < -0.39 is 11.6 Å². The second-order valence-corrected chi connectivity index (χ2v) is 5.22. The van der Waals surface area contributed by atoms with Gasteiger partial charge in [0.2, 0.25) is 0 Å². The molecule has 0 atom stereocenters. The van der Waals surface area contributed by atoms with Gasteiger partial charge in [-0.05, 0) is 17.7 Å². The molecule has 1 aromatic rings. The lowest BCUT2D eigenvalue weighted by Gasteiger charge is -2.34. The van der Waals surface area contributed by atoms with E-state index in [1.54, 1.807) is 0 Å². The largest absolute Gasteiger partial charge is 0.469 e. The molecule has 21 heavy (non-hydrogen) atoms. The van der Waals surface area contributed by atoms with Gasteiger partial charge in [-0.15, -0.1) is 0 Å². The quantitative estimate of drug-likeness (QED) is 0.774. The molecule has 1 fully saturated rings. The van der Waals surface area contributed by atoms with Crippen molar-refractivity contribution in [2.45, 2.75) is 13.0 Å². The molecule has 2 rings (SSSR count). The van der Waals surface area contributed by atoms with Crippen LogP contribution in [0.15, 0.2) is 18.2 Å². The summed E-state index contributed by atoms with van der Waals surface area (Å²) in [4.78, 5) is 15.4. The van der Waals surface area contributed by atoms with Crippen molar-refractivity contribution in [3.63, 3.8) is 0 Å². The number of hydrogen-bond acceptors (Lipinski definition) is 4. The van der Waals surface area contributed by atoms with Crippen LogP contribution in [0.1, 0.15) is 12.0 Å². The number of rotatable bonds is 5. The molecule has 0 amide bonds. The second kappa shape index (κ2) is 7.47. The average molecular weight is 298 g/mol. The van der Waals surface area contributed by atoms with Crippen molar-refractivity contribution in [2.24, 2.45) is 0 Å². The summed E-state index contributed by atoms with van der Waals surface area (Å²) in [6.45, 7) is 4.55. The lowest BCUT2D eigenvalue weighted by Crippen LogP contribution is -2.46. The van der Waals surface area contributed by atoms with Gasteiger partial charge >= 0.3 is 5.97 Å². The molecule has 0 saturated carbocycles. The fourth-order valence-electron chi connectivity index (χ4n) is 2.48. The van der Waals surface area contributed by atoms with Gasteiger partial charge < -0.3 is 9.64 Å². The topological polar surface area (TPSA) is 32.8 Å². The summed E-state index contributed by atoms with van der Waals surface area (Å²) < 4.78 is 30.9. The van der Waals surface area contributed by atoms with Crippen LogP contribution in [-0.4, -0.2) is 55.6 Å². The summed E-state index contributed by atoms with van der Waals surface area (Å²) in [6, 6.07) is 3.62. The third-order valence-electron chi connectivity index (χ3n) is 3.65. The van der Waals surface area contributed by atoms with Crippen LogP contribution in [0, 0.1) is 11.6 Å². The molecule has 0 unspecified atom stereocenters. The van der Waals surface area contributed by atoms with Crippen molar-refractivity contribution < 1.29 is 18.3 Å². The molecule has 0 aliphatic carbocycles. The van der Waals surface area contributed by atoms with Gasteiger partial charge in [-0.3, -0.25) is 9.69 Å². The van der Waals surface area contributed by atoms with Gasteiger partial charge in [0.05, 0.1) is 13.5 Å². The van der Waals surface area contributed by atoms with E-state index in [9.17, 15) is 13.6 Å². The lowest BCUT2D eigenvalue weighted by molar-refractivity contribution is -0.141. The van der Waals surface area contributed by atoms with Crippen LogP contribution in [-0.2, 0) is 16.1 Å². The van der Waals surface area contributed by atoms with E-state index in [1.165, 1.54) is 19.2 Å². The molecular formula is C15H20F2N2O2. The van der Waals surface area contributed by atoms with Crippen molar-refractivity contribution in [2.75, 3.05) is 39.8 Å². The maximum Gasteiger partial charge on any atom is 0.306 e. The van der Waals surface area contributed by atoms with Crippen molar-refractivity contribution in [3.8, 4) is 0 Å². The summed E-state index contributed by atoms with van der Waals surface area (Å²) in [6.07, 6.45) is 0.394. The summed E-state index contributed by atoms with van der Waals surface area (Å²) in [5, 5.41) is 0. The third-order valence-corrected chi connectivity index (χ3v) is 3.65. The minimum Gasteiger partial charge on any atom is -0.469 e. The van der Waals surface area contributed by atoms with E-state index in [0.29, 0.717) is 25.1 Å². The molecule has 1 saturated heterocycles. The van der Waals surface area contributed by atoms with Crippen LogP contribution >= 0.6 is 0 Å². The Balaban J connectivity index is 1.77. The smallest absolute Gasteiger partial charge is 0.306 e. The predicted molar refractivity (Wildman–Crippen MR) is 74.7 cm³/mol. The van der Waals surface area contributed by atoms with Gasteiger partial charge in [-0.25, -0.2) is 8.78 Å². The first-order valence-corrected chi connectivity index (χ1v) is 7.03. The van der Waals surface area contributed by atoms with Gasteiger partial charge in [-0.2, -0.15) is 0 Å². The Labute approximate surface area is 123 Å². The molecule has 1 aromatic carbocycles. The van der Waals surface area contributed by atoms with Gasteiger partial charge in [0.1, 0.15) is 11.6 Å². The van der Waals surface area contributed by atoms with Crippen LogP contribution in [0.3, 0.4) is 0 Å². The summed E-state index contributed by atoms with van der Waals surface area (Å²) in [5.74, 6) is -1.28. The van der Waals surface area contributed by atoms with Crippen molar-refractivity contribution >= 4 is 5.97 Å². The van der Waals surface area contributed by atoms with Crippen LogP contribution in [0.5, 0.6) is 0 Å². The predicted octanol–water partition coefficient (Wildman–Crippen LogP) is 1.65. The van der Waals surface area contributed by atoms with Crippen molar-refractivity contribution in [1.82, 2.24) is 9.80 Å². The van der Waals surface area contributed by atoms with Gasteiger partial charge in [0.25, 0.3) is 0 Å². The number of ether oxygens (including phenoxy) is 1. The molecule has 0 aromatic heterocycles. The Hall–Kier alpha value is -1.53. The lowest BCUT2D eigenvalue weighted by atomic mass is 10.2. The number of benzene rings is 1. The molecule has 4 nitrogen and oxygen atoms in total. The summed E-state index contributed by atoms with van der Waals surface area (Å²) >= 11 is 0. The minimum absolute atomic E-state index is 0.201. The number of halogens is 2. The van der Waals surface area contributed by atoms with Gasteiger partial charge in [0.15, 0.2) is 0 Å². The minimum atomic E-state index is -0.540. The molecule has 0 bridgehead atoms. The first-order chi connectivity index (χ1) is 10.1. The highest BCUT2D eigenvalue weighted by Gasteiger charge is 2.18. The molecule has 1 aliphatic heterocycles. The molecular weight excluding hydrogens is 278 g/mol. The molecule has 6 heteroatoms. The fourth-order valence-corrected chi connectivity index (χ4v) is 2.48. The number of carbonyl (C=O) groups is 1. The number of esters is 1. The summed E-state index contributed by atoms with van der Waals surface area (Å²) in [7, 11) is 1.39. The molecule has 116 valence electrons. The number of methoxy groups -OCH3 is 1. The van der Waals surface area contributed by atoms with Gasteiger partial charge in [-0.1, -0.05) is 0 Å². The first-order valence-electron chi connectivity index (χ1n) is 7.03. The maximum absolute atomic E-state index is 13.1. The Kier molecular flexibility index (Phi) is 5.64. The van der Waals surface area contributed by atoms with Crippen molar-refractivity contribution in [3.05, 3.63) is 35.4 Å². The SMILES string of the molecule is COC(=O)CCN1CCN(Cc2cc(F)cc(F)c2)CC1. The third kappa shape index (κ3) is 5.06. The van der Waals surface area contributed by atoms with E-state index in [-0.39, 0.29) is 5.97 Å². The van der Waals surface area contributed by atoms with E-state index in [2.05, 4.69) is 14.5 Å². The fraction of sp³-hybridized carbons (Fsp3) is 0.533. The van der Waals surface area contributed by atoms with Crippen LogP contribution in [0.4, 0.5) is 8.78 Å². The average Bonchev–Trinajstić information content (AvgIpc) is 2.45. The highest BCUT2D eigenvalue weighted by atomic mass is 19.1. The number of nitrogens with zero attached hydrogens (tertiary/aromatic N) is 2. The zero-order chi connectivity index (χ0) is 15.2. The molecule has 0 spiro atoms. The first kappa shape index (κ1) is 15.9. The Morgan fingerprint density at radius 1 is 1.10 bits per heavy atom. The Bertz CT molecular complexity index is 468. The number of piperazine rings is 1. The second-order valence-electron chi connectivity index (χ2n) is 5.22. The van der Waals surface area contributed by atoms with Gasteiger partial charge in [0, 0.05) is 45.3 Å². The molecule has 0 radical (unpaired) electrons. The molecule has 1 heterocycles. The van der Waals surface area contributed by atoms with E-state index in [1.807, 2.05) is 0 Å².